The van der Waals surface area contributed by atoms with Gasteiger partial charge in [-0.1, -0.05) is 18.2 Å². The molecule has 96 valence electrons. The molecule has 0 spiro atoms. The van der Waals surface area contributed by atoms with Crippen molar-refractivity contribution in [2.45, 2.75) is 0 Å². The fourth-order valence-electron chi connectivity index (χ4n) is 1.40. The number of nitrogens with zero attached hydrogens (tertiary/aromatic N) is 1. The molecule has 0 heterocycles. The SMILES string of the molecule is O=C(O[N+](=O)[O-])c1ccc(Oc2ccccc2)cc1. The van der Waals surface area contributed by atoms with E-state index in [1.807, 2.05) is 18.2 Å². The summed E-state index contributed by atoms with van der Waals surface area (Å²) in [6.45, 7) is 0. The van der Waals surface area contributed by atoms with E-state index in [2.05, 4.69) is 4.84 Å². The molecular formula is C13H9NO5. The fraction of sp³-hybridized carbons (Fsp3) is 0. The van der Waals surface area contributed by atoms with E-state index in [4.69, 9.17) is 4.74 Å². The van der Waals surface area contributed by atoms with Gasteiger partial charge in [0, 0.05) is 5.56 Å². The summed E-state index contributed by atoms with van der Waals surface area (Å²) < 4.78 is 5.51. The van der Waals surface area contributed by atoms with Crippen LogP contribution < -0.4 is 4.74 Å². The lowest BCUT2D eigenvalue weighted by Gasteiger charge is -2.05. The molecule has 0 aliphatic heterocycles. The number of para-hydroxylation sites is 1. The van der Waals surface area contributed by atoms with Gasteiger partial charge >= 0.3 is 11.1 Å². The van der Waals surface area contributed by atoms with Crippen molar-refractivity contribution in [1.82, 2.24) is 0 Å². The van der Waals surface area contributed by atoms with E-state index in [0.717, 1.165) is 0 Å². The van der Waals surface area contributed by atoms with Crippen LogP contribution in [0, 0.1) is 10.1 Å². The lowest BCUT2D eigenvalue weighted by molar-refractivity contribution is -0.727. The van der Waals surface area contributed by atoms with Crippen molar-refractivity contribution in [2.24, 2.45) is 0 Å². The summed E-state index contributed by atoms with van der Waals surface area (Å²) in [5.74, 6) is 0.156. The predicted molar refractivity (Wildman–Crippen MR) is 65.4 cm³/mol. The van der Waals surface area contributed by atoms with Gasteiger partial charge in [-0.15, -0.1) is 10.1 Å². The minimum absolute atomic E-state index is 0.0807. The van der Waals surface area contributed by atoms with E-state index in [-0.39, 0.29) is 5.56 Å². The summed E-state index contributed by atoms with van der Waals surface area (Å²) in [7, 11) is 0. The second-order valence-electron chi connectivity index (χ2n) is 3.54. The minimum Gasteiger partial charge on any atom is -0.457 e. The van der Waals surface area contributed by atoms with Crippen LogP contribution in [0.5, 0.6) is 11.5 Å². The summed E-state index contributed by atoms with van der Waals surface area (Å²) in [5.41, 5.74) is 0.0807. The Hall–Kier alpha value is -2.89. The number of hydrogen-bond acceptors (Lipinski definition) is 5. The van der Waals surface area contributed by atoms with E-state index >= 15 is 0 Å². The first kappa shape index (κ1) is 12.6. The number of carbonyl (C=O) groups excluding carboxylic acids is 1. The quantitative estimate of drug-likeness (QED) is 0.623. The first-order chi connectivity index (χ1) is 9.15. The van der Waals surface area contributed by atoms with Crippen molar-refractivity contribution in [3.8, 4) is 11.5 Å². The molecule has 2 aromatic carbocycles. The normalized spacial score (nSPS) is 9.68. The van der Waals surface area contributed by atoms with Crippen molar-refractivity contribution < 1.29 is 19.5 Å². The third-order valence-electron chi connectivity index (χ3n) is 2.23. The third kappa shape index (κ3) is 3.53. The zero-order chi connectivity index (χ0) is 13.7. The molecule has 0 radical (unpaired) electrons. The Kier molecular flexibility index (Phi) is 3.72. The van der Waals surface area contributed by atoms with E-state index in [9.17, 15) is 14.9 Å². The van der Waals surface area contributed by atoms with Gasteiger partial charge in [0.25, 0.3) is 0 Å². The number of hydrogen-bond donors (Lipinski definition) is 0. The van der Waals surface area contributed by atoms with E-state index in [0.29, 0.717) is 11.5 Å². The molecule has 0 atom stereocenters. The molecular weight excluding hydrogens is 250 g/mol. The summed E-state index contributed by atoms with van der Waals surface area (Å²) in [5, 5.41) is 8.89. The summed E-state index contributed by atoms with van der Waals surface area (Å²) in [6, 6.07) is 14.9. The molecule has 0 saturated heterocycles. The fourth-order valence-corrected chi connectivity index (χ4v) is 1.40. The van der Waals surface area contributed by atoms with Gasteiger partial charge in [0.05, 0.1) is 0 Å². The molecule has 6 heteroatoms. The Labute approximate surface area is 108 Å². The molecule has 0 aliphatic carbocycles. The molecule has 6 nitrogen and oxygen atoms in total. The van der Waals surface area contributed by atoms with Gasteiger partial charge in [0.15, 0.2) is 0 Å². The van der Waals surface area contributed by atoms with E-state index in [1.54, 1.807) is 12.1 Å². The molecule has 0 N–H and O–H groups in total. The van der Waals surface area contributed by atoms with Crippen LogP contribution in [0.25, 0.3) is 0 Å². The van der Waals surface area contributed by atoms with Crippen LogP contribution in [-0.2, 0) is 4.84 Å². The zero-order valence-electron chi connectivity index (χ0n) is 9.68. The number of carbonyl (C=O) groups is 1. The highest BCUT2D eigenvalue weighted by atomic mass is 17.0. The van der Waals surface area contributed by atoms with Crippen molar-refractivity contribution in [1.29, 1.82) is 0 Å². The van der Waals surface area contributed by atoms with Crippen molar-refractivity contribution >= 4 is 5.97 Å². The Morgan fingerprint density at radius 1 is 0.947 bits per heavy atom. The largest absolute Gasteiger partial charge is 0.457 e. The van der Waals surface area contributed by atoms with Crippen LogP contribution >= 0.6 is 0 Å². The number of benzene rings is 2. The number of ether oxygens (including phenoxy) is 1. The van der Waals surface area contributed by atoms with Crippen LogP contribution in [0.2, 0.25) is 0 Å². The van der Waals surface area contributed by atoms with Gasteiger partial charge in [0.1, 0.15) is 11.5 Å². The second-order valence-corrected chi connectivity index (χ2v) is 3.54. The Bertz CT molecular complexity index is 580. The Morgan fingerprint density at radius 2 is 1.53 bits per heavy atom. The highest BCUT2D eigenvalue weighted by Gasteiger charge is 2.10. The molecule has 2 rings (SSSR count). The van der Waals surface area contributed by atoms with E-state index < -0.39 is 11.1 Å². The summed E-state index contributed by atoms with van der Waals surface area (Å²) >= 11 is 0. The predicted octanol–water partition coefficient (Wildman–Crippen LogP) is 2.83. The van der Waals surface area contributed by atoms with Gasteiger partial charge < -0.3 is 4.74 Å². The van der Waals surface area contributed by atoms with Crippen LogP contribution in [-0.4, -0.2) is 11.1 Å². The topological polar surface area (TPSA) is 78.7 Å². The Morgan fingerprint density at radius 3 is 2.11 bits per heavy atom. The van der Waals surface area contributed by atoms with Gasteiger partial charge in [-0.25, -0.2) is 4.84 Å². The van der Waals surface area contributed by atoms with Crippen molar-refractivity contribution in [3.05, 3.63) is 70.3 Å². The standard InChI is InChI=1S/C13H9NO5/c15-13(19-14(16)17)10-6-8-12(9-7-10)18-11-4-2-1-3-5-11/h1-9H. The third-order valence-corrected chi connectivity index (χ3v) is 2.23. The van der Waals surface area contributed by atoms with Crippen LogP contribution in [0.4, 0.5) is 0 Å². The molecule has 0 amide bonds. The van der Waals surface area contributed by atoms with Crippen molar-refractivity contribution in [2.75, 3.05) is 0 Å². The van der Waals surface area contributed by atoms with Crippen LogP contribution in [0.3, 0.4) is 0 Å². The van der Waals surface area contributed by atoms with Gasteiger partial charge in [-0.2, -0.15) is 0 Å². The lowest BCUT2D eigenvalue weighted by Crippen LogP contribution is -2.10. The monoisotopic (exact) mass is 259 g/mol. The molecule has 19 heavy (non-hydrogen) atoms. The Balaban J connectivity index is 2.06. The summed E-state index contributed by atoms with van der Waals surface area (Å²) in [4.78, 5) is 25.1. The van der Waals surface area contributed by atoms with Crippen LogP contribution in [0.15, 0.2) is 54.6 Å². The summed E-state index contributed by atoms with van der Waals surface area (Å²) in [6.07, 6.45) is 0. The average molecular weight is 259 g/mol. The highest BCUT2D eigenvalue weighted by Crippen LogP contribution is 2.21. The molecule has 0 fully saturated rings. The van der Waals surface area contributed by atoms with Crippen molar-refractivity contribution in [3.63, 3.8) is 0 Å². The zero-order valence-corrected chi connectivity index (χ0v) is 9.68. The van der Waals surface area contributed by atoms with Crippen LogP contribution in [0.1, 0.15) is 10.4 Å². The minimum atomic E-state index is -1.14. The second kappa shape index (κ2) is 5.63. The maximum absolute atomic E-state index is 11.2. The molecule has 0 bridgehead atoms. The smallest absolute Gasteiger partial charge is 0.334 e. The lowest BCUT2D eigenvalue weighted by atomic mass is 10.2. The first-order valence-electron chi connectivity index (χ1n) is 5.35. The maximum atomic E-state index is 11.2. The van der Waals surface area contributed by atoms with Gasteiger partial charge in [0.2, 0.25) is 0 Å². The molecule has 0 unspecified atom stereocenters. The maximum Gasteiger partial charge on any atom is 0.334 e. The van der Waals surface area contributed by atoms with Gasteiger partial charge in [-0.05, 0) is 36.4 Å². The van der Waals surface area contributed by atoms with Gasteiger partial charge in [-0.3, -0.25) is 4.79 Å². The first-order valence-corrected chi connectivity index (χ1v) is 5.35. The molecule has 0 aliphatic rings. The molecule has 0 saturated carbocycles. The highest BCUT2D eigenvalue weighted by molar-refractivity contribution is 5.88. The average Bonchev–Trinajstić information content (AvgIpc) is 2.40. The number of rotatable bonds is 4. The van der Waals surface area contributed by atoms with E-state index in [1.165, 1.54) is 24.3 Å². The molecule has 2 aromatic rings. The molecule has 0 aromatic heterocycles.